The van der Waals surface area contributed by atoms with Crippen molar-refractivity contribution in [2.24, 2.45) is 0 Å². The topological polar surface area (TPSA) is 61.4 Å². The molecule has 2 aromatic carbocycles. The van der Waals surface area contributed by atoms with E-state index >= 15 is 0 Å². The molecule has 0 aliphatic heterocycles. The predicted molar refractivity (Wildman–Crippen MR) is 97.2 cm³/mol. The molecule has 29 heavy (non-hydrogen) atoms. The van der Waals surface area contributed by atoms with E-state index in [1.54, 1.807) is 6.92 Å². The standard InChI is InChI=1S/C19H18F5N3O2/c1-2-27(10-17(28)25-12-7-8-14(20)15(21)9-12)11-18(29)26-16-6-4-3-5-13(16)19(22,23)24/h3-9H,2,10-11H2,1H3,(H,25,28)(H,26,29). The Bertz CT molecular complexity index is 886. The molecular formula is C19H18F5N3O2. The SMILES string of the molecule is CCN(CC(=O)Nc1ccc(F)c(F)c1)CC(=O)Nc1ccccc1C(F)(F)F. The van der Waals surface area contributed by atoms with E-state index in [2.05, 4.69) is 10.6 Å². The fourth-order valence-corrected chi connectivity index (χ4v) is 2.49. The number of anilines is 2. The molecule has 0 spiro atoms. The van der Waals surface area contributed by atoms with Crippen molar-refractivity contribution in [1.29, 1.82) is 0 Å². The average Bonchev–Trinajstić information content (AvgIpc) is 2.63. The number of likely N-dealkylation sites (N-methyl/N-ethyl adjacent to an activating group) is 1. The van der Waals surface area contributed by atoms with Crippen LogP contribution >= 0.6 is 0 Å². The zero-order valence-corrected chi connectivity index (χ0v) is 15.3. The first-order valence-corrected chi connectivity index (χ1v) is 8.53. The lowest BCUT2D eigenvalue weighted by molar-refractivity contribution is -0.137. The van der Waals surface area contributed by atoms with Crippen LogP contribution in [0.25, 0.3) is 0 Å². The molecule has 2 rings (SSSR count). The number of carbonyl (C=O) groups is 2. The van der Waals surface area contributed by atoms with Crippen molar-refractivity contribution in [2.75, 3.05) is 30.3 Å². The van der Waals surface area contributed by atoms with Crippen LogP contribution in [0.3, 0.4) is 0 Å². The van der Waals surface area contributed by atoms with Gasteiger partial charge in [0.2, 0.25) is 11.8 Å². The number of hydrogen-bond donors (Lipinski definition) is 2. The molecule has 0 saturated carbocycles. The molecule has 0 bridgehead atoms. The Morgan fingerprint density at radius 1 is 0.931 bits per heavy atom. The monoisotopic (exact) mass is 415 g/mol. The minimum atomic E-state index is -4.63. The molecule has 156 valence electrons. The summed E-state index contributed by atoms with van der Waals surface area (Å²) in [5.41, 5.74) is -1.33. The van der Waals surface area contributed by atoms with Crippen molar-refractivity contribution < 1.29 is 31.5 Å². The number of hydrogen-bond acceptors (Lipinski definition) is 3. The first kappa shape index (κ1) is 22.3. The van der Waals surface area contributed by atoms with Crippen LogP contribution in [0.4, 0.5) is 33.3 Å². The molecular weight excluding hydrogens is 397 g/mol. The summed E-state index contributed by atoms with van der Waals surface area (Å²) in [5, 5.41) is 4.55. The quantitative estimate of drug-likeness (QED) is 0.675. The summed E-state index contributed by atoms with van der Waals surface area (Å²) in [6.07, 6.45) is -4.63. The lowest BCUT2D eigenvalue weighted by Crippen LogP contribution is -2.38. The number of amides is 2. The van der Waals surface area contributed by atoms with Gasteiger partial charge in [-0.05, 0) is 30.8 Å². The van der Waals surface area contributed by atoms with Gasteiger partial charge in [-0.2, -0.15) is 13.2 Å². The number of nitrogens with zero attached hydrogens (tertiary/aromatic N) is 1. The molecule has 10 heteroatoms. The molecule has 0 heterocycles. The highest BCUT2D eigenvalue weighted by molar-refractivity contribution is 5.95. The lowest BCUT2D eigenvalue weighted by atomic mass is 10.1. The largest absolute Gasteiger partial charge is 0.418 e. The molecule has 0 aliphatic carbocycles. The Hall–Kier alpha value is -3.01. The maximum Gasteiger partial charge on any atom is 0.418 e. The maximum absolute atomic E-state index is 13.2. The van der Waals surface area contributed by atoms with Gasteiger partial charge < -0.3 is 10.6 Å². The highest BCUT2D eigenvalue weighted by atomic mass is 19.4. The number of carbonyl (C=O) groups excluding carboxylic acids is 2. The van der Waals surface area contributed by atoms with Gasteiger partial charge in [0.05, 0.1) is 24.3 Å². The Morgan fingerprint density at radius 3 is 2.14 bits per heavy atom. The lowest BCUT2D eigenvalue weighted by Gasteiger charge is -2.20. The predicted octanol–water partition coefficient (Wildman–Crippen LogP) is 3.88. The van der Waals surface area contributed by atoms with E-state index in [1.807, 2.05) is 0 Å². The van der Waals surface area contributed by atoms with E-state index < -0.39 is 35.2 Å². The maximum atomic E-state index is 13.2. The minimum absolute atomic E-state index is 0.0357. The average molecular weight is 415 g/mol. The fourth-order valence-electron chi connectivity index (χ4n) is 2.49. The summed E-state index contributed by atoms with van der Waals surface area (Å²) in [4.78, 5) is 25.6. The van der Waals surface area contributed by atoms with E-state index in [1.165, 1.54) is 23.1 Å². The van der Waals surface area contributed by atoms with Gasteiger partial charge in [-0.1, -0.05) is 19.1 Å². The van der Waals surface area contributed by atoms with E-state index in [9.17, 15) is 31.5 Å². The van der Waals surface area contributed by atoms with Gasteiger partial charge in [-0.25, -0.2) is 8.78 Å². The molecule has 0 aromatic heterocycles. The fraction of sp³-hybridized carbons (Fsp3) is 0.263. The van der Waals surface area contributed by atoms with Crippen molar-refractivity contribution in [2.45, 2.75) is 13.1 Å². The van der Waals surface area contributed by atoms with Crippen LogP contribution in [0.1, 0.15) is 12.5 Å². The number of rotatable bonds is 7. The molecule has 0 radical (unpaired) electrons. The van der Waals surface area contributed by atoms with Gasteiger partial charge in [-0.15, -0.1) is 0 Å². The molecule has 2 amide bonds. The van der Waals surface area contributed by atoms with Gasteiger partial charge in [0.15, 0.2) is 11.6 Å². The van der Waals surface area contributed by atoms with Crippen molar-refractivity contribution in [1.82, 2.24) is 4.90 Å². The molecule has 2 aromatic rings. The van der Waals surface area contributed by atoms with Crippen LogP contribution in [0, 0.1) is 11.6 Å². The summed E-state index contributed by atoms with van der Waals surface area (Å²) in [6.45, 7) is 1.29. The van der Waals surface area contributed by atoms with Gasteiger partial charge in [0.1, 0.15) is 0 Å². The van der Waals surface area contributed by atoms with Crippen molar-refractivity contribution >= 4 is 23.2 Å². The van der Waals surface area contributed by atoms with Crippen LogP contribution in [0.2, 0.25) is 0 Å². The molecule has 0 saturated heterocycles. The third kappa shape index (κ3) is 6.53. The third-order valence-corrected chi connectivity index (χ3v) is 3.89. The molecule has 5 nitrogen and oxygen atoms in total. The second kappa shape index (κ2) is 9.46. The smallest absolute Gasteiger partial charge is 0.325 e. The van der Waals surface area contributed by atoms with Crippen LogP contribution in [-0.2, 0) is 15.8 Å². The normalized spacial score (nSPS) is 11.4. The zero-order chi connectivity index (χ0) is 21.6. The first-order valence-electron chi connectivity index (χ1n) is 8.53. The van der Waals surface area contributed by atoms with E-state index in [0.717, 1.165) is 24.3 Å². The number of benzene rings is 2. The second-order valence-corrected chi connectivity index (χ2v) is 6.07. The molecule has 2 N–H and O–H groups in total. The Balaban J connectivity index is 1.96. The number of nitrogens with one attached hydrogen (secondary N) is 2. The van der Waals surface area contributed by atoms with E-state index in [0.29, 0.717) is 0 Å². The van der Waals surface area contributed by atoms with Crippen molar-refractivity contribution in [3.05, 3.63) is 59.7 Å². The molecule has 0 fully saturated rings. The number of halogens is 5. The van der Waals surface area contributed by atoms with Gasteiger partial charge in [0, 0.05) is 11.8 Å². The molecule has 0 atom stereocenters. The highest BCUT2D eigenvalue weighted by Crippen LogP contribution is 2.34. The van der Waals surface area contributed by atoms with Gasteiger partial charge >= 0.3 is 6.18 Å². The summed E-state index contributed by atoms with van der Waals surface area (Å²) in [5.74, 6) is -3.52. The number of alkyl halides is 3. The molecule has 0 unspecified atom stereocenters. The summed E-state index contributed by atoms with van der Waals surface area (Å²) in [6, 6.07) is 7.39. The highest BCUT2D eigenvalue weighted by Gasteiger charge is 2.33. The van der Waals surface area contributed by atoms with Gasteiger partial charge in [-0.3, -0.25) is 14.5 Å². The van der Waals surface area contributed by atoms with Gasteiger partial charge in [0.25, 0.3) is 0 Å². The third-order valence-electron chi connectivity index (χ3n) is 3.89. The van der Waals surface area contributed by atoms with Crippen LogP contribution in [-0.4, -0.2) is 36.3 Å². The van der Waals surface area contributed by atoms with Crippen molar-refractivity contribution in [3.63, 3.8) is 0 Å². The Morgan fingerprint density at radius 2 is 1.55 bits per heavy atom. The number of para-hydroxylation sites is 1. The summed E-state index contributed by atoms with van der Waals surface area (Å²) in [7, 11) is 0. The van der Waals surface area contributed by atoms with Crippen molar-refractivity contribution in [3.8, 4) is 0 Å². The Kier molecular flexibility index (Phi) is 7.27. The van der Waals surface area contributed by atoms with E-state index in [-0.39, 0.29) is 31.0 Å². The minimum Gasteiger partial charge on any atom is -0.325 e. The van der Waals surface area contributed by atoms with Crippen LogP contribution in [0.15, 0.2) is 42.5 Å². The summed E-state index contributed by atoms with van der Waals surface area (Å²) >= 11 is 0. The zero-order valence-electron chi connectivity index (χ0n) is 15.3. The second-order valence-electron chi connectivity index (χ2n) is 6.07. The van der Waals surface area contributed by atoms with Crippen LogP contribution < -0.4 is 10.6 Å². The summed E-state index contributed by atoms with van der Waals surface area (Å²) < 4.78 is 65.1. The molecule has 0 aliphatic rings. The Labute approximate surface area is 163 Å². The van der Waals surface area contributed by atoms with E-state index in [4.69, 9.17) is 0 Å². The first-order chi connectivity index (χ1) is 13.6. The van der Waals surface area contributed by atoms with Crippen LogP contribution in [0.5, 0.6) is 0 Å².